The second kappa shape index (κ2) is 9.00. The van der Waals surface area contributed by atoms with E-state index in [9.17, 15) is 4.79 Å². The number of imidazole rings is 1. The van der Waals surface area contributed by atoms with Gasteiger partial charge in [-0.1, -0.05) is 13.3 Å². The average molecular weight is 365 g/mol. The lowest BCUT2D eigenvalue weighted by Gasteiger charge is -2.22. The summed E-state index contributed by atoms with van der Waals surface area (Å²) in [5, 5.41) is 0. The number of nitrogens with zero attached hydrogens (tertiary/aromatic N) is 3. The Bertz CT molecular complexity index is 766. The second-order valence-corrected chi connectivity index (χ2v) is 6.44. The molecule has 9 nitrogen and oxygen atoms in total. The lowest BCUT2D eigenvalue weighted by atomic mass is 10.1. The van der Waals surface area contributed by atoms with Crippen molar-refractivity contribution < 1.29 is 14.2 Å². The highest BCUT2D eigenvalue weighted by atomic mass is 16.5. The van der Waals surface area contributed by atoms with Gasteiger partial charge in [0.05, 0.1) is 32.5 Å². The molecule has 26 heavy (non-hydrogen) atoms. The third kappa shape index (κ3) is 4.53. The molecule has 0 aromatic carbocycles. The molecule has 0 aliphatic carbocycles. The largest absolute Gasteiger partial charge is 0.463 e. The van der Waals surface area contributed by atoms with Gasteiger partial charge in [-0.15, -0.1) is 0 Å². The molecule has 3 rings (SSSR count). The lowest BCUT2D eigenvalue weighted by molar-refractivity contribution is -0.0417. The monoisotopic (exact) mass is 365 g/mol. The Kier molecular flexibility index (Phi) is 6.45. The predicted molar refractivity (Wildman–Crippen MR) is 97.4 cm³/mol. The minimum atomic E-state index is -0.288. The summed E-state index contributed by atoms with van der Waals surface area (Å²) in [6.45, 7) is 4.69. The van der Waals surface area contributed by atoms with E-state index in [4.69, 9.17) is 19.9 Å². The normalized spacial score (nSPS) is 17.7. The Morgan fingerprint density at radius 1 is 1.35 bits per heavy atom. The van der Waals surface area contributed by atoms with Crippen LogP contribution < -0.4 is 16.2 Å². The van der Waals surface area contributed by atoms with Gasteiger partial charge >= 0.3 is 11.7 Å². The first-order valence-corrected chi connectivity index (χ1v) is 9.27. The highest BCUT2D eigenvalue weighted by Crippen LogP contribution is 2.18. The summed E-state index contributed by atoms with van der Waals surface area (Å²) in [7, 11) is 0. The van der Waals surface area contributed by atoms with Crippen molar-refractivity contribution >= 4 is 17.0 Å². The predicted octanol–water partition coefficient (Wildman–Crippen LogP) is 1.47. The zero-order valence-electron chi connectivity index (χ0n) is 15.2. The Labute approximate surface area is 151 Å². The summed E-state index contributed by atoms with van der Waals surface area (Å²) in [5.41, 5.74) is 6.51. The SMILES string of the molecule is CCCCOc1nc(N)c2[nH]c(=O)n(CCOCC3CCCCO3)c2n1. The fourth-order valence-corrected chi connectivity index (χ4v) is 2.92. The molecule has 0 bridgehead atoms. The molecular weight excluding hydrogens is 338 g/mol. The number of fused-ring (bicyclic) bond motifs is 1. The molecule has 9 heteroatoms. The number of anilines is 1. The van der Waals surface area contributed by atoms with E-state index < -0.39 is 0 Å². The molecule has 1 aliphatic rings. The maximum absolute atomic E-state index is 12.2. The third-order valence-corrected chi connectivity index (χ3v) is 4.40. The van der Waals surface area contributed by atoms with Crippen molar-refractivity contribution in [3.8, 4) is 6.01 Å². The van der Waals surface area contributed by atoms with Gasteiger partial charge < -0.3 is 24.9 Å². The van der Waals surface area contributed by atoms with Crippen LogP contribution in [0.3, 0.4) is 0 Å². The quantitative estimate of drug-likeness (QED) is 0.646. The molecule has 0 spiro atoms. The Hall–Kier alpha value is -2.13. The van der Waals surface area contributed by atoms with Crippen molar-refractivity contribution in [2.75, 3.05) is 32.2 Å². The van der Waals surface area contributed by atoms with Crippen molar-refractivity contribution in [1.29, 1.82) is 0 Å². The molecule has 3 N–H and O–H groups in total. The van der Waals surface area contributed by atoms with Gasteiger partial charge in [0.1, 0.15) is 5.52 Å². The number of aromatic nitrogens is 4. The number of ether oxygens (including phenoxy) is 3. The number of hydrogen-bond donors (Lipinski definition) is 2. The summed E-state index contributed by atoms with van der Waals surface area (Å²) in [4.78, 5) is 23.4. The minimum absolute atomic E-state index is 0.153. The molecule has 0 amide bonds. The zero-order chi connectivity index (χ0) is 18.4. The van der Waals surface area contributed by atoms with E-state index in [1.54, 1.807) is 0 Å². The van der Waals surface area contributed by atoms with Gasteiger partial charge in [-0.25, -0.2) is 4.79 Å². The molecule has 3 heterocycles. The molecule has 1 aliphatic heterocycles. The first-order chi connectivity index (χ1) is 12.7. The summed E-state index contributed by atoms with van der Waals surface area (Å²) < 4.78 is 18.3. The second-order valence-electron chi connectivity index (χ2n) is 6.44. The zero-order valence-corrected chi connectivity index (χ0v) is 15.2. The van der Waals surface area contributed by atoms with Gasteiger partial charge in [0.25, 0.3) is 0 Å². The molecular formula is C17H27N5O4. The molecule has 1 saturated heterocycles. The topological polar surface area (TPSA) is 117 Å². The highest BCUT2D eigenvalue weighted by Gasteiger charge is 2.16. The molecule has 2 aromatic heterocycles. The fourth-order valence-electron chi connectivity index (χ4n) is 2.92. The maximum Gasteiger partial charge on any atom is 0.327 e. The van der Waals surface area contributed by atoms with Crippen molar-refractivity contribution in [2.45, 2.75) is 51.7 Å². The van der Waals surface area contributed by atoms with Crippen LogP contribution in [0.5, 0.6) is 6.01 Å². The van der Waals surface area contributed by atoms with E-state index >= 15 is 0 Å². The van der Waals surface area contributed by atoms with E-state index in [0.29, 0.717) is 37.5 Å². The standard InChI is InChI=1S/C17H27N5O4/c1-2-3-8-26-16-20-14(18)13-15(21-16)22(17(23)19-13)7-10-24-11-12-6-4-5-9-25-12/h12H,2-11H2,1H3,(H,19,23)(H2,18,20,21). The van der Waals surface area contributed by atoms with Crippen molar-refractivity contribution in [3.63, 3.8) is 0 Å². The van der Waals surface area contributed by atoms with E-state index in [1.165, 1.54) is 11.0 Å². The number of hydrogen-bond acceptors (Lipinski definition) is 7. The first-order valence-electron chi connectivity index (χ1n) is 9.27. The number of nitrogens with two attached hydrogens (primary N) is 1. The number of H-pyrrole nitrogens is 1. The van der Waals surface area contributed by atoms with Crippen LogP contribution in [0.1, 0.15) is 39.0 Å². The van der Waals surface area contributed by atoms with Gasteiger partial charge in [0.2, 0.25) is 0 Å². The van der Waals surface area contributed by atoms with Gasteiger partial charge in [-0.2, -0.15) is 9.97 Å². The molecule has 1 fully saturated rings. The van der Waals surface area contributed by atoms with E-state index in [1.807, 2.05) is 0 Å². The summed E-state index contributed by atoms with van der Waals surface area (Å²) >= 11 is 0. The molecule has 144 valence electrons. The number of nitrogens with one attached hydrogen (secondary N) is 1. The van der Waals surface area contributed by atoms with E-state index in [-0.39, 0.29) is 23.6 Å². The van der Waals surface area contributed by atoms with Crippen LogP contribution in [0.4, 0.5) is 5.82 Å². The fraction of sp³-hybridized carbons (Fsp3) is 0.706. The van der Waals surface area contributed by atoms with Crippen molar-refractivity contribution in [1.82, 2.24) is 19.5 Å². The van der Waals surface area contributed by atoms with Crippen LogP contribution in [0.2, 0.25) is 0 Å². The molecule has 0 radical (unpaired) electrons. The number of rotatable bonds is 9. The average Bonchev–Trinajstić information content (AvgIpc) is 2.96. The number of nitrogen functional groups attached to an aromatic ring is 1. The van der Waals surface area contributed by atoms with Gasteiger partial charge in [0.15, 0.2) is 11.5 Å². The van der Waals surface area contributed by atoms with Gasteiger partial charge in [-0.3, -0.25) is 4.57 Å². The number of unbranched alkanes of at least 4 members (excludes halogenated alkanes) is 1. The van der Waals surface area contributed by atoms with Crippen molar-refractivity contribution in [2.24, 2.45) is 0 Å². The molecule has 1 unspecified atom stereocenters. The first kappa shape index (κ1) is 18.7. The molecule has 0 saturated carbocycles. The Morgan fingerprint density at radius 3 is 3.00 bits per heavy atom. The van der Waals surface area contributed by atoms with Crippen LogP contribution >= 0.6 is 0 Å². The summed E-state index contributed by atoms with van der Waals surface area (Å²) in [5.74, 6) is 0.203. The van der Waals surface area contributed by atoms with Crippen LogP contribution in [-0.4, -0.2) is 52.1 Å². The van der Waals surface area contributed by atoms with Gasteiger partial charge in [0, 0.05) is 6.61 Å². The molecule has 2 aromatic rings. The minimum Gasteiger partial charge on any atom is -0.463 e. The van der Waals surface area contributed by atoms with Crippen LogP contribution in [0.25, 0.3) is 11.2 Å². The molecule has 1 atom stereocenters. The van der Waals surface area contributed by atoms with Gasteiger partial charge in [-0.05, 0) is 25.7 Å². The van der Waals surface area contributed by atoms with E-state index in [0.717, 1.165) is 32.3 Å². The third-order valence-electron chi connectivity index (χ3n) is 4.40. The van der Waals surface area contributed by atoms with Crippen LogP contribution in [0.15, 0.2) is 4.79 Å². The maximum atomic E-state index is 12.2. The summed E-state index contributed by atoms with van der Waals surface area (Å²) in [6, 6.07) is 0.188. The summed E-state index contributed by atoms with van der Waals surface area (Å²) in [6.07, 6.45) is 5.38. The Morgan fingerprint density at radius 2 is 2.23 bits per heavy atom. The van der Waals surface area contributed by atoms with Crippen LogP contribution in [0, 0.1) is 0 Å². The smallest absolute Gasteiger partial charge is 0.327 e. The Balaban J connectivity index is 1.64. The highest BCUT2D eigenvalue weighted by molar-refractivity contribution is 5.81. The van der Waals surface area contributed by atoms with Crippen molar-refractivity contribution in [3.05, 3.63) is 10.5 Å². The van der Waals surface area contributed by atoms with E-state index in [2.05, 4.69) is 21.9 Å². The number of aromatic amines is 1. The lowest BCUT2D eigenvalue weighted by Crippen LogP contribution is -2.26. The van der Waals surface area contributed by atoms with Crippen LogP contribution in [-0.2, 0) is 16.0 Å².